The topological polar surface area (TPSA) is 92.5 Å². The molecule has 0 spiro atoms. The zero-order valence-electron chi connectivity index (χ0n) is 11.3. The fourth-order valence-electron chi connectivity index (χ4n) is 2.33. The third kappa shape index (κ3) is 2.85. The average Bonchev–Trinajstić information content (AvgIpc) is 2.42. The molecule has 6 nitrogen and oxygen atoms in total. The molecule has 0 bridgehead atoms. The molecule has 0 saturated carbocycles. The molecule has 3 N–H and O–H groups in total. The van der Waals surface area contributed by atoms with Crippen LogP contribution in [0.25, 0.3) is 0 Å². The van der Waals surface area contributed by atoms with Gasteiger partial charge in [0, 0.05) is 18.4 Å². The summed E-state index contributed by atoms with van der Waals surface area (Å²) in [5, 5.41) is 0. The monoisotopic (exact) mass is 275 g/mol. The second kappa shape index (κ2) is 5.83. The summed E-state index contributed by atoms with van der Waals surface area (Å²) in [4.78, 5) is 36.8. The lowest BCUT2D eigenvalue weighted by Crippen LogP contribution is -2.42. The molecular weight excluding hydrogens is 258 g/mol. The Morgan fingerprint density at radius 3 is 2.50 bits per heavy atom. The van der Waals surface area contributed by atoms with E-state index < -0.39 is 5.91 Å². The number of piperidine rings is 1. The van der Waals surface area contributed by atoms with E-state index in [0.717, 1.165) is 0 Å². The zero-order valence-corrected chi connectivity index (χ0v) is 11.3. The Morgan fingerprint density at radius 2 is 1.90 bits per heavy atom. The van der Waals surface area contributed by atoms with Gasteiger partial charge in [-0.1, -0.05) is 25.1 Å². The van der Waals surface area contributed by atoms with Gasteiger partial charge >= 0.3 is 0 Å². The number of hydrogen-bond donors (Lipinski definition) is 2. The molecule has 106 valence electrons. The van der Waals surface area contributed by atoms with Crippen molar-refractivity contribution in [2.75, 3.05) is 0 Å². The Labute approximate surface area is 116 Å². The summed E-state index contributed by atoms with van der Waals surface area (Å²) < 4.78 is 0. The van der Waals surface area contributed by atoms with E-state index in [4.69, 9.17) is 5.84 Å². The van der Waals surface area contributed by atoms with E-state index in [1.54, 1.807) is 24.3 Å². The minimum absolute atomic E-state index is 0.0776. The maximum Gasteiger partial charge on any atom is 0.265 e. The molecule has 20 heavy (non-hydrogen) atoms. The fraction of sp³-hybridized carbons (Fsp3) is 0.357. The summed E-state index contributed by atoms with van der Waals surface area (Å²) in [6, 6.07) is 6.78. The van der Waals surface area contributed by atoms with Crippen molar-refractivity contribution in [3.8, 4) is 0 Å². The van der Waals surface area contributed by atoms with Crippen LogP contribution in [0.2, 0.25) is 0 Å². The third-order valence-electron chi connectivity index (χ3n) is 3.37. The molecule has 1 saturated heterocycles. The van der Waals surface area contributed by atoms with Crippen LogP contribution in [0.1, 0.15) is 35.7 Å². The van der Waals surface area contributed by atoms with Crippen molar-refractivity contribution in [1.82, 2.24) is 10.3 Å². The first-order chi connectivity index (χ1) is 9.52. The van der Waals surface area contributed by atoms with Gasteiger partial charge in [-0.25, -0.2) is 5.84 Å². The Kier molecular flexibility index (Phi) is 4.14. The highest BCUT2D eigenvalue weighted by Crippen LogP contribution is 2.21. The fourth-order valence-corrected chi connectivity index (χ4v) is 2.33. The lowest BCUT2D eigenvalue weighted by molar-refractivity contribution is -0.150. The van der Waals surface area contributed by atoms with Crippen LogP contribution in [0.3, 0.4) is 0 Å². The van der Waals surface area contributed by atoms with Crippen molar-refractivity contribution >= 4 is 17.7 Å². The van der Waals surface area contributed by atoms with Crippen LogP contribution in [-0.4, -0.2) is 22.6 Å². The number of imide groups is 1. The Balaban J connectivity index is 2.24. The molecule has 0 unspecified atom stereocenters. The first kappa shape index (κ1) is 14.2. The Morgan fingerprint density at radius 1 is 1.30 bits per heavy atom. The van der Waals surface area contributed by atoms with Crippen LogP contribution in [-0.2, 0) is 16.1 Å². The van der Waals surface area contributed by atoms with Crippen LogP contribution in [0.5, 0.6) is 0 Å². The zero-order chi connectivity index (χ0) is 14.7. The second-order valence-electron chi connectivity index (χ2n) is 5.02. The highest BCUT2D eigenvalue weighted by Gasteiger charge is 2.30. The molecule has 3 amide bonds. The van der Waals surface area contributed by atoms with Gasteiger partial charge in [0.25, 0.3) is 5.91 Å². The molecular formula is C14H17N3O3. The van der Waals surface area contributed by atoms with E-state index in [-0.39, 0.29) is 24.3 Å². The molecule has 1 aliphatic heterocycles. The highest BCUT2D eigenvalue weighted by atomic mass is 16.2. The van der Waals surface area contributed by atoms with Crippen molar-refractivity contribution in [2.24, 2.45) is 11.8 Å². The standard InChI is InChI=1S/C14H17N3O3/c1-9-6-12(18)17(13(19)7-9)8-10-4-2-3-5-11(10)14(20)16-15/h2-5,9H,6-8,15H2,1H3,(H,16,20). The minimum Gasteiger partial charge on any atom is -0.290 e. The number of amides is 3. The van der Waals surface area contributed by atoms with Crippen LogP contribution in [0.15, 0.2) is 24.3 Å². The largest absolute Gasteiger partial charge is 0.290 e. The van der Waals surface area contributed by atoms with Gasteiger partial charge in [-0.15, -0.1) is 0 Å². The lowest BCUT2D eigenvalue weighted by Gasteiger charge is -2.28. The van der Waals surface area contributed by atoms with Gasteiger partial charge in [-0.05, 0) is 17.5 Å². The predicted molar refractivity (Wildman–Crippen MR) is 72.1 cm³/mol. The van der Waals surface area contributed by atoms with Crippen LogP contribution >= 0.6 is 0 Å². The average molecular weight is 275 g/mol. The van der Waals surface area contributed by atoms with Crippen molar-refractivity contribution in [1.29, 1.82) is 0 Å². The number of carbonyl (C=O) groups excluding carboxylic acids is 3. The molecule has 1 aliphatic rings. The molecule has 1 heterocycles. The van der Waals surface area contributed by atoms with E-state index >= 15 is 0 Å². The van der Waals surface area contributed by atoms with Gasteiger partial charge < -0.3 is 0 Å². The van der Waals surface area contributed by atoms with Crippen molar-refractivity contribution in [3.05, 3.63) is 35.4 Å². The number of benzene rings is 1. The smallest absolute Gasteiger partial charge is 0.265 e. The first-order valence-electron chi connectivity index (χ1n) is 6.45. The van der Waals surface area contributed by atoms with Crippen LogP contribution in [0.4, 0.5) is 0 Å². The van der Waals surface area contributed by atoms with Gasteiger partial charge in [0.15, 0.2) is 0 Å². The molecule has 2 rings (SSSR count). The molecule has 1 fully saturated rings. The summed E-state index contributed by atoms with van der Waals surface area (Å²) in [5.74, 6) is 4.38. The van der Waals surface area contributed by atoms with E-state index in [2.05, 4.69) is 5.43 Å². The normalized spacial score (nSPS) is 16.4. The summed E-state index contributed by atoms with van der Waals surface area (Å²) in [5.41, 5.74) is 3.03. The quantitative estimate of drug-likeness (QED) is 0.365. The summed E-state index contributed by atoms with van der Waals surface area (Å²) >= 11 is 0. The van der Waals surface area contributed by atoms with Gasteiger partial charge in [-0.2, -0.15) is 0 Å². The van der Waals surface area contributed by atoms with Gasteiger partial charge in [0.05, 0.1) is 6.54 Å². The number of hydrogen-bond acceptors (Lipinski definition) is 4. The molecule has 0 atom stereocenters. The number of hydrazine groups is 1. The van der Waals surface area contributed by atoms with Crippen LogP contribution < -0.4 is 11.3 Å². The highest BCUT2D eigenvalue weighted by molar-refractivity contribution is 5.99. The van der Waals surface area contributed by atoms with Gasteiger partial charge in [0.2, 0.25) is 11.8 Å². The number of likely N-dealkylation sites (tertiary alicyclic amines) is 1. The number of nitrogens with one attached hydrogen (secondary N) is 1. The summed E-state index contributed by atoms with van der Waals surface area (Å²) in [6.45, 7) is 1.98. The molecule has 0 aliphatic carbocycles. The Hall–Kier alpha value is -2.21. The van der Waals surface area contributed by atoms with Crippen molar-refractivity contribution in [3.63, 3.8) is 0 Å². The van der Waals surface area contributed by atoms with Crippen LogP contribution in [0, 0.1) is 5.92 Å². The molecule has 0 aromatic heterocycles. The Bertz CT molecular complexity index is 538. The molecule has 0 radical (unpaired) electrons. The lowest BCUT2D eigenvalue weighted by atomic mass is 9.96. The molecule has 1 aromatic rings. The maximum absolute atomic E-state index is 12.0. The summed E-state index contributed by atoms with van der Waals surface area (Å²) in [7, 11) is 0. The second-order valence-corrected chi connectivity index (χ2v) is 5.02. The maximum atomic E-state index is 12.0. The molecule has 6 heteroatoms. The minimum atomic E-state index is -0.439. The van der Waals surface area contributed by atoms with Gasteiger partial charge in [-0.3, -0.25) is 24.7 Å². The number of nitrogens with zero attached hydrogens (tertiary/aromatic N) is 1. The van der Waals surface area contributed by atoms with E-state index in [0.29, 0.717) is 24.0 Å². The van der Waals surface area contributed by atoms with E-state index in [1.807, 2.05) is 6.92 Å². The summed E-state index contributed by atoms with van der Waals surface area (Å²) in [6.07, 6.45) is 0.716. The number of nitrogens with two attached hydrogens (primary N) is 1. The van der Waals surface area contributed by atoms with Crippen molar-refractivity contribution in [2.45, 2.75) is 26.3 Å². The predicted octanol–water partition coefficient (Wildman–Crippen LogP) is 0.575. The SMILES string of the molecule is CC1CC(=O)N(Cc2ccccc2C(=O)NN)C(=O)C1. The van der Waals surface area contributed by atoms with Gasteiger partial charge in [0.1, 0.15) is 0 Å². The first-order valence-corrected chi connectivity index (χ1v) is 6.45. The number of rotatable bonds is 3. The van der Waals surface area contributed by atoms with E-state index in [1.165, 1.54) is 4.90 Å². The van der Waals surface area contributed by atoms with Crippen molar-refractivity contribution < 1.29 is 14.4 Å². The number of carbonyl (C=O) groups is 3. The molecule has 1 aromatic carbocycles. The third-order valence-corrected chi connectivity index (χ3v) is 3.37. The van der Waals surface area contributed by atoms with E-state index in [9.17, 15) is 14.4 Å². The number of nitrogen functional groups attached to an aromatic ring is 1.